The molecule has 0 amide bonds. The van der Waals surface area contributed by atoms with Crippen LogP contribution in [0.3, 0.4) is 0 Å². The van der Waals surface area contributed by atoms with Crippen molar-refractivity contribution in [3.8, 4) is 5.75 Å². The van der Waals surface area contributed by atoms with Gasteiger partial charge in [-0.15, -0.1) is 11.3 Å². The molecular weight excluding hydrogens is 241 g/mol. The van der Waals surface area contributed by atoms with Gasteiger partial charge in [-0.05, 0) is 17.7 Å². The average molecular weight is 251 g/mol. The number of aromatic nitrogens is 1. The molecule has 1 aromatic heterocycles. The number of nitrogens with zero attached hydrogens (tertiary/aromatic N) is 1. The maximum Gasteiger partial charge on any atom is 0.178 e. The zero-order valence-electron chi connectivity index (χ0n) is 9.14. The highest BCUT2D eigenvalue weighted by molar-refractivity contribution is 7.11. The molecule has 0 aliphatic heterocycles. The minimum atomic E-state index is -0.456. The molecule has 0 radical (unpaired) electrons. The number of benzene rings is 1. The van der Waals surface area contributed by atoms with Gasteiger partial charge >= 0.3 is 0 Å². The molecule has 0 aliphatic carbocycles. The Balaban J connectivity index is 2.14. The van der Waals surface area contributed by atoms with Crippen molar-refractivity contribution in [2.75, 3.05) is 7.11 Å². The lowest BCUT2D eigenvalue weighted by atomic mass is 10.1. The second-order valence-electron chi connectivity index (χ2n) is 3.43. The fourth-order valence-corrected chi connectivity index (χ4v) is 2.01. The Morgan fingerprint density at radius 2 is 2.35 bits per heavy atom. The number of thiazole rings is 1. The number of ketones is 1. The third-order valence-corrected chi connectivity index (χ3v) is 3.10. The minimum absolute atomic E-state index is 0.0583. The van der Waals surface area contributed by atoms with Crippen molar-refractivity contribution in [2.45, 2.75) is 6.42 Å². The minimum Gasteiger partial charge on any atom is -0.494 e. The number of ether oxygens (including phenoxy) is 1. The summed E-state index contributed by atoms with van der Waals surface area (Å²) >= 11 is 1.28. The van der Waals surface area contributed by atoms with Gasteiger partial charge < -0.3 is 4.74 Å². The maximum absolute atomic E-state index is 13.4. The first-order valence-corrected chi connectivity index (χ1v) is 5.83. The number of hydrogen-bond donors (Lipinski definition) is 0. The van der Waals surface area contributed by atoms with E-state index >= 15 is 0 Å². The van der Waals surface area contributed by atoms with Gasteiger partial charge in [0.25, 0.3) is 0 Å². The van der Waals surface area contributed by atoms with Gasteiger partial charge in [-0.2, -0.15) is 0 Å². The predicted octanol–water partition coefficient (Wildman–Crippen LogP) is 2.72. The first-order valence-electron chi connectivity index (χ1n) is 4.95. The molecule has 0 aliphatic rings. The molecule has 1 heterocycles. The molecule has 0 saturated carbocycles. The molecule has 0 N–H and O–H groups in total. The molecular formula is C12H10FNO2S. The van der Waals surface area contributed by atoms with Crippen LogP contribution in [0.25, 0.3) is 0 Å². The fourth-order valence-electron chi connectivity index (χ4n) is 1.45. The highest BCUT2D eigenvalue weighted by atomic mass is 32.1. The van der Waals surface area contributed by atoms with Crippen molar-refractivity contribution in [3.63, 3.8) is 0 Å². The SMILES string of the molecule is COc1ccc(CC(=O)c2cncs2)cc1F. The molecule has 88 valence electrons. The van der Waals surface area contributed by atoms with E-state index in [0.717, 1.165) is 0 Å². The largest absolute Gasteiger partial charge is 0.494 e. The Morgan fingerprint density at radius 1 is 1.53 bits per heavy atom. The zero-order valence-corrected chi connectivity index (χ0v) is 9.96. The summed E-state index contributed by atoms with van der Waals surface area (Å²) in [5.41, 5.74) is 2.23. The molecule has 0 atom stereocenters. The van der Waals surface area contributed by atoms with Crippen molar-refractivity contribution >= 4 is 17.1 Å². The number of Topliss-reactive ketones (excluding diaryl/α,β-unsaturated/α-hetero) is 1. The van der Waals surface area contributed by atoms with Gasteiger partial charge in [0.05, 0.1) is 17.5 Å². The molecule has 2 aromatic rings. The maximum atomic E-state index is 13.4. The Labute approximate surface area is 102 Å². The number of rotatable bonds is 4. The predicted molar refractivity (Wildman–Crippen MR) is 63.1 cm³/mol. The number of hydrogen-bond acceptors (Lipinski definition) is 4. The van der Waals surface area contributed by atoms with Crippen molar-refractivity contribution < 1.29 is 13.9 Å². The highest BCUT2D eigenvalue weighted by Gasteiger charge is 2.10. The van der Waals surface area contributed by atoms with Gasteiger partial charge in [-0.3, -0.25) is 9.78 Å². The number of carbonyl (C=O) groups is 1. The molecule has 0 unspecified atom stereocenters. The molecule has 0 bridgehead atoms. The third-order valence-electron chi connectivity index (χ3n) is 2.29. The Morgan fingerprint density at radius 3 is 2.94 bits per heavy atom. The summed E-state index contributed by atoms with van der Waals surface area (Å²) in [5.74, 6) is -0.335. The van der Waals surface area contributed by atoms with E-state index in [2.05, 4.69) is 4.98 Å². The Bertz CT molecular complexity index is 525. The molecule has 17 heavy (non-hydrogen) atoms. The lowest BCUT2D eigenvalue weighted by Gasteiger charge is -2.04. The molecule has 0 fully saturated rings. The summed E-state index contributed by atoms with van der Waals surface area (Å²) in [7, 11) is 1.40. The fraction of sp³-hybridized carbons (Fsp3) is 0.167. The van der Waals surface area contributed by atoms with E-state index < -0.39 is 5.82 Å². The Hall–Kier alpha value is -1.75. The van der Waals surface area contributed by atoms with E-state index in [4.69, 9.17) is 4.74 Å². The summed E-state index contributed by atoms with van der Waals surface area (Å²) in [6, 6.07) is 4.52. The first kappa shape index (κ1) is 11.7. The Kier molecular flexibility index (Phi) is 3.49. The quantitative estimate of drug-likeness (QED) is 0.784. The lowest BCUT2D eigenvalue weighted by molar-refractivity contribution is 0.0996. The zero-order chi connectivity index (χ0) is 12.3. The second kappa shape index (κ2) is 5.05. The van der Waals surface area contributed by atoms with Gasteiger partial charge in [-0.25, -0.2) is 4.39 Å². The van der Waals surface area contributed by atoms with Crippen molar-refractivity contribution in [1.82, 2.24) is 4.98 Å². The van der Waals surface area contributed by atoms with E-state index in [1.165, 1.54) is 36.8 Å². The van der Waals surface area contributed by atoms with Crippen LogP contribution in [0, 0.1) is 5.82 Å². The number of halogens is 1. The normalized spacial score (nSPS) is 10.2. The summed E-state index contributed by atoms with van der Waals surface area (Å²) < 4.78 is 18.2. The van der Waals surface area contributed by atoms with E-state index in [9.17, 15) is 9.18 Å². The van der Waals surface area contributed by atoms with E-state index in [-0.39, 0.29) is 18.0 Å². The van der Waals surface area contributed by atoms with Gasteiger partial charge in [0.1, 0.15) is 0 Å². The van der Waals surface area contributed by atoms with Gasteiger partial charge in [0.2, 0.25) is 0 Å². The molecule has 2 rings (SSSR count). The number of methoxy groups -OCH3 is 1. The van der Waals surface area contributed by atoms with E-state index in [0.29, 0.717) is 10.4 Å². The van der Waals surface area contributed by atoms with Gasteiger partial charge in [0, 0.05) is 12.6 Å². The monoisotopic (exact) mass is 251 g/mol. The van der Waals surface area contributed by atoms with Crippen LogP contribution in [0.15, 0.2) is 29.9 Å². The molecule has 1 aromatic carbocycles. The van der Waals surface area contributed by atoms with Crippen LogP contribution in [0.4, 0.5) is 4.39 Å². The van der Waals surface area contributed by atoms with Crippen LogP contribution in [0.5, 0.6) is 5.75 Å². The topological polar surface area (TPSA) is 39.2 Å². The van der Waals surface area contributed by atoms with Crippen LogP contribution >= 0.6 is 11.3 Å². The van der Waals surface area contributed by atoms with Gasteiger partial charge in [-0.1, -0.05) is 6.07 Å². The third kappa shape index (κ3) is 2.68. The summed E-state index contributed by atoms with van der Waals surface area (Å²) in [4.78, 5) is 16.2. The molecule has 0 saturated heterocycles. The smallest absolute Gasteiger partial charge is 0.178 e. The molecule has 0 spiro atoms. The van der Waals surface area contributed by atoms with Crippen LogP contribution in [0.2, 0.25) is 0 Å². The van der Waals surface area contributed by atoms with Crippen LogP contribution in [-0.4, -0.2) is 17.9 Å². The summed E-state index contributed by atoms with van der Waals surface area (Å²) in [6.45, 7) is 0. The van der Waals surface area contributed by atoms with Crippen molar-refractivity contribution in [3.05, 3.63) is 46.2 Å². The van der Waals surface area contributed by atoms with Crippen molar-refractivity contribution in [1.29, 1.82) is 0 Å². The molecule has 3 nitrogen and oxygen atoms in total. The number of carbonyl (C=O) groups excluding carboxylic acids is 1. The van der Waals surface area contributed by atoms with Crippen LogP contribution in [-0.2, 0) is 6.42 Å². The van der Waals surface area contributed by atoms with Gasteiger partial charge in [0.15, 0.2) is 17.3 Å². The van der Waals surface area contributed by atoms with Crippen molar-refractivity contribution in [2.24, 2.45) is 0 Å². The lowest BCUT2D eigenvalue weighted by Crippen LogP contribution is -2.02. The summed E-state index contributed by atoms with van der Waals surface area (Å²) in [6.07, 6.45) is 1.69. The van der Waals surface area contributed by atoms with Crippen LogP contribution in [0.1, 0.15) is 15.2 Å². The average Bonchev–Trinajstić information content (AvgIpc) is 2.82. The summed E-state index contributed by atoms with van der Waals surface area (Å²) in [5, 5.41) is 0. The van der Waals surface area contributed by atoms with Crippen LogP contribution < -0.4 is 4.74 Å². The highest BCUT2D eigenvalue weighted by Crippen LogP contribution is 2.19. The first-order chi connectivity index (χ1) is 8.20. The molecule has 5 heteroatoms. The van der Waals surface area contributed by atoms with E-state index in [1.54, 1.807) is 11.6 Å². The van der Waals surface area contributed by atoms with E-state index in [1.807, 2.05) is 0 Å². The standard InChI is InChI=1S/C12H10FNO2S/c1-16-11-3-2-8(4-9(11)13)5-10(15)12-6-14-7-17-12/h2-4,6-7H,5H2,1H3. The second-order valence-corrected chi connectivity index (χ2v) is 4.32.